The van der Waals surface area contributed by atoms with Crippen LogP contribution < -0.4 is 11.1 Å². The van der Waals surface area contributed by atoms with E-state index < -0.39 is 0 Å². The van der Waals surface area contributed by atoms with Crippen LogP contribution in [0.4, 0.5) is 0 Å². The van der Waals surface area contributed by atoms with Crippen LogP contribution >= 0.6 is 0 Å². The van der Waals surface area contributed by atoms with Crippen LogP contribution in [0.1, 0.15) is 18.9 Å². The van der Waals surface area contributed by atoms with E-state index in [0.717, 1.165) is 13.0 Å². The van der Waals surface area contributed by atoms with Gasteiger partial charge in [0.2, 0.25) is 5.91 Å². The molecule has 0 saturated carbocycles. The van der Waals surface area contributed by atoms with E-state index in [1.165, 1.54) is 5.56 Å². The lowest BCUT2D eigenvalue weighted by atomic mass is 10.0. The van der Waals surface area contributed by atoms with Crippen LogP contribution in [0.5, 0.6) is 0 Å². The zero-order valence-electron chi connectivity index (χ0n) is 9.07. The first kappa shape index (κ1) is 11.7. The molecule has 1 amide bonds. The van der Waals surface area contributed by atoms with Gasteiger partial charge >= 0.3 is 0 Å². The number of hydrogen-bond acceptors (Lipinski definition) is 2. The maximum Gasteiger partial charge on any atom is 0.218 e. The van der Waals surface area contributed by atoms with Crippen LogP contribution in [0, 0.1) is 0 Å². The summed E-state index contributed by atoms with van der Waals surface area (Å²) in [5.41, 5.74) is 6.42. The Kier molecular flexibility index (Phi) is 4.84. The van der Waals surface area contributed by atoms with Crippen LogP contribution in [-0.2, 0) is 11.2 Å². The van der Waals surface area contributed by atoms with E-state index >= 15 is 0 Å². The number of primary amides is 1. The first-order valence-electron chi connectivity index (χ1n) is 5.28. The van der Waals surface area contributed by atoms with Crippen molar-refractivity contribution in [1.82, 2.24) is 5.32 Å². The third-order valence-electron chi connectivity index (χ3n) is 2.27. The molecule has 15 heavy (non-hydrogen) atoms. The number of nitrogens with one attached hydrogen (secondary N) is 1. The van der Waals surface area contributed by atoms with E-state index in [0.29, 0.717) is 6.42 Å². The molecule has 1 rings (SSSR count). The third-order valence-corrected chi connectivity index (χ3v) is 2.27. The van der Waals surface area contributed by atoms with Crippen molar-refractivity contribution in [3.05, 3.63) is 35.9 Å². The van der Waals surface area contributed by atoms with Crippen molar-refractivity contribution in [2.75, 3.05) is 6.54 Å². The minimum Gasteiger partial charge on any atom is -0.370 e. The number of carbonyl (C=O) groups is 1. The van der Waals surface area contributed by atoms with Crippen molar-refractivity contribution < 1.29 is 4.79 Å². The van der Waals surface area contributed by atoms with Gasteiger partial charge in [0.05, 0.1) is 0 Å². The molecule has 0 aromatic heterocycles. The second-order valence-electron chi connectivity index (χ2n) is 3.61. The van der Waals surface area contributed by atoms with Gasteiger partial charge in [0.25, 0.3) is 0 Å². The number of rotatable bonds is 6. The van der Waals surface area contributed by atoms with Crippen molar-refractivity contribution >= 4 is 5.91 Å². The minimum atomic E-state index is -0.253. The predicted molar refractivity (Wildman–Crippen MR) is 61.4 cm³/mol. The summed E-state index contributed by atoms with van der Waals surface area (Å²) in [5, 5.41) is 3.26. The standard InChI is InChI=1S/C12H18N2O/c1-2-14-11(9-12(13)15)8-10-6-4-3-5-7-10/h3-7,11,14H,2,8-9H2,1H3,(H2,13,15). The molecule has 0 bridgehead atoms. The second kappa shape index (κ2) is 6.19. The Balaban J connectivity index is 2.54. The Morgan fingerprint density at radius 3 is 2.60 bits per heavy atom. The molecular formula is C12H18N2O. The smallest absolute Gasteiger partial charge is 0.218 e. The van der Waals surface area contributed by atoms with E-state index in [9.17, 15) is 4.79 Å². The first-order valence-corrected chi connectivity index (χ1v) is 5.28. The summed E-state index contributed by atoms with van der Waals surface area (Å²) in [6, 6.07) is 10.3. The van der Waals surface area contributed by atoms with Gasteiger partial charge in [0, 0.05) is 12.5 Å². The normalized spacial score (nSPS) is 12.3. The van der Waals surface area contributed by atoms with Crippen LogP contribution in [0.15, 0.2) is 30.3 Å². The van der Waals surface area contributed by atoms with Gasteiger partial charge in [0.1, 0.15) is 0 Å². The van der Waals surface area contributed by atoms with E-state index in [-0.39, 0.29) is 11.9 Å². The van der Waals surface area contributed by atoms with Crippen LogP contribution in [-0.4, -0.2) is 18.5 Å². The van der Waals surface area contributed by atoms with Gasteiger partial charge < -0.3 is 11.1 Å². The summed E-state index contributed by atoms with van der Waals surface area (Å²) in [6.07, 6.45) is 1.24. The Labute approximate surface area is 90.7 Å². The quantitative estimate of drug-likeness (QED) is 0.732. The molecule has 0 fully saturated rings. The number of amides is 1. The zero-order valence-corrected chi connectivity index (χ0v) is 9.07. The highest BCUT2D eigenvalue weighted by molar-refractivity contribution is 5.74. The molecule has 1 aromatic rings. The van der Waals surface area contributed by atoms with Crippen molar-refractivity contribution in [1.29, 1.82) is 0 Å². The van der Waals surface area contributed by atoms with Crippen LogP contribution in [0.3, 0.4) is 0 Å². The minimum absolute atomic E-state index is 0.148. The second-order valence-corrected chi connectivity index (χ2v) is 3.61. The van der Waals surface area contributed by atoms with Crippen LogP contribution in [0.2, 0.25) is 0 Å². The highest BCUT2D eigenvalue weighted by Crippen LogP contribution is 2.05. The number of carbonyl (C=O) groups excluding carboxylic acids is 1. The summed E-state index contributed by atoms with van der Waals surface area (Å²) < 4.78 is 0. The fourth-order valence-corrected chi connectivity index (χ4v) is 1.65. The summed E-state index contributed by atoms with van der Waals surface area (Å²) in [4.78, 5) is 10.9. The van der Waals surface area contributed by atoms with Crippen molar-refractivity contribution in [2.24, 2.45) is 5.73 Å². The largest absolute Gasteiger partial charge is 0.370 e. The Bertz CT molecular complexity index is 298. The van der Waals surface area contributed by atoms with Crippen molar-refractivity contribution in [3.8, 4) is 0 Å². The molecule has 0 saturated heterocycles. The fraction of sp³-hybridized carbons (Fsp3) is 0.417. The summed E-state index contributed by atoms with van der Waals surface area (Å²) in [5.74, 6) is -0.253. The van der Waals surface area contributed by atoms with Gasteiger partial charge in [-0.15, -0.1) is 0 Å². The number of likely N-dealkylation sites (N-methyl/N-ethyl adjacent to an activating group) is 1. The highest BCUT2D eigenvalue weighted by Gasteiger charge is 2.10. The lowest BCUT2D eigenvalue weighted by molar-refractivity contribution is -0.118. The van der Waals surface area contributed by atoms with Gasteiger partial charge in [-0.3, -0.25) is 4.79 Å². The molecule has 82 valence electrons. The SMILES string of the molecule is CCNC(CC(N)=O)Cc1ccccc1. The molecule has 3 nitrogen and oxygen atoms in total. The van der Waals surface area contributed by atoms with Gasteiger partial charge in [-0.1, -0.05) is 37.3 Å². The van der Waals surface area contributed by atoms with E-state index in [4.69, 9.17) is 5.73 Å². The Morgan fingerprint density at radius 1 is 1.40 bits per heavy atom. The lowest BCUT2D eigenvalue weighted by Gasteiger charge is -2.15. The molecule has 3 N–H and O–H groups in total. The number of benzene rings is 1. The Morgan fingerprint density at radius 2 is 2.07 bits per heavy atom. The van der Waals surface area contributed by atoms with Gasteiger partial charge in [-0.05, 0) is 18.5 Å². The molecule has 1 aromatic carbocycles. The van der Waals surface area contributed by atoms with E-state index in [1.807, 2.05) is 25.1 Å². The monoisotopic (exact) mass is 206 g/mol. The highest BCUT2D eigenvalue weighted by atomic mass is 16.1. The molecule has 1 atom stereocenters. The third kappa shape index (κ3) is 4.61. The van der Waals surface area contributed by atoms with Gasteiger partial charge in [0.15, 0.2) is 0 Å². The molecule has 0 aliphatic heterocycles. The summed E-state index contributed by atoms with van der Waals surface area (Å²) >= 11 is 0. The molecule has 1 unspecified atom stereocenters. The first-order chi connectivity index (χ1) is 7.22. The topological polar surface area (TPSA) is 55.1 Å². The Hall–Kier alpha value is -1.35. The van der Waals surface area contributed by atoms with Gasteiger partial charge in [-0.2, -0.15) is 0 Å². The molecular weight excluding hydrogens is 188 g/mol. The van der Waals surface area contributed by atoms with Crippen molar-refractivity contribution in [3.63, 3.8) is 0 Å². The average molecular weight is 206 g/mol. The van der Waals surface area contributed by atoms with E-state index in [1.54, 1.807) is 0 Å². The molecule has 0 radical (unpaired) electrons. The van der Waals surface area contributed by atoms with Crippen molar-refractivity contribution in [2.45, 2.75) is 25.8 Å². The lowest BCUT2D eigenvalue weighted by Crippen LogP contribution is -2.35. The molecule has 3 heteroatoms. The van der Waals surface area contributed by atoms with E-state index in [2.05, 4.69) is 17.4 Å². The number of nitrogens with two attached hydrogens (primary N) is 1. The maximum atomic E-state index is 10.9. The summed E-state index contributed by atoms with van der Waals surface area (Å²) in [6.45, 7) is 2.88. The van der Waals surface area contributed by atoms with Crippen LogP contribution in [0.25, 0.3) is 0 Å². The molecule has 0 aliphatic carbocycles. The molecule has 0 heterocycles. The fourth-order valence-electron chi connectivity index (χ4n) is 1.65. The van der Waals surface area contributed by atoms with Gasteiger partial charge in [-0.25, -0.2) is 0 Å². The maximum absolute atomic E-state index is 10.9. The molecule has 0 spiro atoms. The average Bonchev–Trinajstić information content (AvgIpc) is 2.18. The number of hydrogen-bond donors (Lipinski definition) is 2. The molecule has 0 aliphatic rings. The zero-order chi connectivity index (χ0) is 11.1. The summed E-state index contributed by atoms with van der Waals surface area (Å²) in [7, 11) is 0. The predicted octanol–water partition coefficient (Wildman–Crippen LogP) is 1.08.